The number of nitrogen functional groups attached to an aromatic ring is 1. The van der Waals surface area contributed by atoms with E-state index < -0.39 is 0 Å². The van der Waals surface area contributed by atoms with E-state index in [-0.39, 0.29) is 18.1 Å². The summed E-state index contributed by atoms with van der Waals surface area (Å²) in [4.78, 5) is 12.0. The maximum Gasteiger partial charge on any atom is 0.251 e. The highest BCUT2D eigenvalue weighted by molar-refractivity contribution is 5.95. The van der Waals surface area contributed by atoms with Gasteiger partial charge >= 0.3 is 0 Å². The number of nitrogens with two attached hydrogens (primary N) is 1. The lowest BCUT2D eigenvalue weighted by Gasteiger charge is -2.13. The molecule has 1 aliphatic carbocycles. The molecule has 5 heteroatoms. The number of rotatable bonds is 3. The number of methoxy groups -OCH3 is 1. The second-order valence-corrected chi connectivity index (χ2v) is 4.59. The number of aliphatic hydroxyl groups excluding tert-OH is 1. The van der Waals surface area contributed by atoms with E-state index in [1.807, 2.05) is 0 Å². The predicted molar refractivity (Wildman–Crippen MR) is 68.5 cm³/mol. The predicted octanol–water partition coefficient (Wildman–Crippen LogP) is 0.921. The van der Waals surface area contributed by atoms with Gasteiger partial charge in [-0.15, -0.1) is 0 Å². The van der Waals surface area contributed by atoms with Crippen LogP contribution in [0.25, 0.3) is 0 Å². The molecule has 2 atom stereocenters. The number of nitrogens with one attached hydrogen (secondary N) is 1. The molecule has 0 aromatic heterocycles. The van der Waals surface area contributed by atoms with Crippen molar-refractivity contribution in [3.05, 3.63) is 23.8 Å². The molecular weight excluding hydrogens is 232 g/mol. The third kappa shape index (κ3) is 2.73. The maximum atomic E-state index is 12.0. The van der Waals surface area contributed by atoms with Crippen molar-refractivity contribution in [3.63, 3.8) is 0 Å². The number of carbonyl (C=O) groups excluding carboxylic acids is 1. The summed E-state index contributed by atoms with van der Waals surface area (Å²) in [5.41, 5.74) is 6.71. The Morgan fingerprint density at radius 2 is 2.28 bits per heavy atom. The standard InChI is InChI=1S/C13H18N2O3/c1-18-12-6-8(2-5-11(12)14)13(17)15-9-3-4-10(16)7-9/h2,5-6,9-10,16H,3-4,7,14H2,1H3,(H,15,17)/t9-,10-/m1/s1. The van der Waals surface area contributed by atoms with Gasteiger partial charge in [-0.25, -0.2) is 0 Å². The van der Waals surface area contributed by atoms with Crippen LogP contribution in [0, 0.1) is 0 Å². The molecule has 0 radical (unpaired) electrons. The number of anilines is 1. The van der Waals surface area contributed by atoms with Gasteiger partial charge in [-0.3, -0.25) is 4.79 Å². The van der Waals surface area contributed by atoms with Gasteiger partial charge in [-0.05, 0) is 37.5 Å². The minimum atomic E-state index is -0.295. The highest BCUT2D eigenvalue weighted by Gasteiger charge is 2.24. The van der Waals surface area contributed by atoms with Crippen molar-refractivity contribution in [2.45, 2.75) is 31.4 Å². The molecule has 98 valence electrons. The molecule has 1 amide bonds. The van der Waals surface area contributed by atoms with Crippen LogP contribution in [-0.2, 0) is 0 Å². The van der Waals surface area contributed by atoms with Gasteiger partial charge in [0.15, 0.2) is 0 Å². The topological polar surface area (TPSA) is 84.6 Å². The molecule has 1 fully saturated rings. The SMILES string of the molecule is COc1cc(C(=O)N[C@@H]2CC[C@@H](O)C2)ccc1N. The van der Waals surface area contributed by atoms with Crippen LogP contribution in [0.1, 0.15) is 29.6 Å². The number of ether oxygens (including phenoxy) is 1. The zero-order valence-electron chi connectivity index (χ0n) is 10.3. The zero-order valence-corrected chi connectivity index (χ0v) is 10.3. The molecule has 2 rings (SSSR count). The fourth-order valence-electron chi connectivity index (χ4n) is 2.21. The highest BCUT2D eigenvalue weighted by Crippen LogP contribution is 2.23. The average Bonchev–Trinajstić information content (AvgIpc) is 2.75. The van der Waals surface area contributed by atoms with Crippen molar-refractivity contribution in [3.8, 4) is 5.75 Å². The summed E-state index contributed by atoms with van der Waals surface area (Å²) in [7, 11) is 1.51. The first-order valence-electron chi connectivity index (χ1n) is 6.02. The van der Waals surface area contributed by atoms with E-state index in [0.29, 0.717) is 23.4 Å². The first-order chi connectivity index (χ1) is 8.60. The van der Waals surface area contributed by atoms with Crippen molar-refractivity contribution in [1.29, 1.82) is 0 Å². The second-order valence-electron chi connectivity index (χ2n) is 4.59. The number of amides is 1. The summed E-state index contributed by atoms with van der Waals surface area (Å²) in [5.74, 6) is 0.335. The largest absolute Gasteiger partial charge is 0.495 e. The summed E-state index contributed by atoms with van der Waals surface area (Å²) in [6.07, 6.45) is 1.89. The molecule has 1 saturated carbocycles. The number of hydrogen-bond acceptors (Lipinski definition) is 4. The van der Waals surface area contributed by atoms with Crippen LogP contribution in [0.2, 0.25) is 0 Å². The number of carbonyl (C=O) groups is 1. The van der Waals surface area contributed by atoms with Gasteiger partial charge in [0.25, 0.3) is 5.91 Å². The second kappa shape index (κ2) is 5.27. The molecule has 1 aromatic carbocycles. The lowest BCUT2D eigenvalue weighted by Crippen LogP contribution is -2.33. The Bertz CT molecular complexity index is 448. The number of hydrogen-bond donors (Lipinski definition) is 3. The van der Waals surface area contributed by atoms with Gasteiger partial charge < -0.3 is 20.9 Å². The minimum absolute atomic E-state index is 0.0519. The van der Waals surface area contributed by atoms with Crippen LogP contribution in [0.3, 0.4) is 0 Å². The molecule has 18 heavy (non-hydrogen) atoms. The van der Waals surface area contributed by atoms with E-state index in [0.717, 1.165) is 12.8 Å². The third-order valence-electron chi connectivity index (χ3n) is 3.24. The Labute approximate surface area is 106 Å². The minimum Gasteiger partial charge on any atom is -0.495 e. The Hall–Kier alpha value is -1.75. The summed E-state index contributed by atoms with van der Waals surface area (Å²) in [5, 5.41) is 12.3. The van der Waals surface area contributed by atoms with Gasteiger partial charge in [0.1, 0.15) is 5.75 Å². The van der Waals surface area contributed by atoms with Crippen LogP contribution in [0.4, 0.5) is 5.69 Å². The fraction of sp³-hybridized carbons (Fsp3) is 0.462. The van der Waals surface area contributed by atoms with E-state index in [1.165, 1.54) is 7.11 Å². The molecule has 5 nitrogen and oxygen atoms in total. The van der Waals surface area contributed by atoms with E-state index in [2.05, 4.69) is 5.32 Å². The first-order valence-corrected chi connectivity index (χ1v) is 6.02. The monoisotopic (exact) mass is 250 g/mol. The van der Waals surface area contributed by atoms with Crippen LogP contribution >= 0.6 is 0 Å². The van der Waals surface area contributed by atoms with Crippen molar-refractivity contribution < 1.29 is 14.6 Å². The molecule has 1 aromatic rings. The molecule has 0 heterocycles. The molecule has 0 unspecified atom stereocenters. The maximum absolute atomic E-state index is 12.0. The van der Waals surface area contributed by atoms with E-state index in [9.17, 15) is 9.90 Å². The van der Waals surface area contributed by atoms with E-state index in [1.54, 1.807) is 18.2 Å². The Morgan fingerprint density at radius 1 is 1.50 bits per heavy atom. The lowest BCUT2D eigenvalue weighted by molar-refractivity contribution is 0.0933. The van der Waals surface area contributed by atoms with Gasteiger partial charge in [-0.1, -0.05) is 0 Å². The number of aliphatic hydroxyl groups is 1. The number of benzene rings is 1. The van der Waals surface area contributed by atoms with Gasteiger partial charge in [-0.2, -0.15) is 0 Å². The van der Waals surface area contributed by atoms with Gasteiger partial charge in [0, 0.05) is 11.6 Å². The lowest BCUT2D eigenvalue weighted by atomic mass is 10.1. The summed E-state index contributed by atoms with van der Waals surface area (Å²) in [6, 6.07) is 4.99. The van der Waals surface area contributed by atoms with E-state index >= 15 is 0 Å². The zero-order chi connectivity index (χ0) is 13.1. The average molecular weight is 250 g/mol. The molecule has 0 saturated heterocycles. The molecule has 0 aliphatic heterocycles. The normalized spacial score (nSPS) is 22.8. The molecule has 0 bridgehead atoms. The molecular formula is C13H18N2O3. The van der Waals surface area contributed by atoms with Gasteiger partial charge in [0.2, 0.25) is 0 Å². The van der Waals surface area contributed by atoms with E-state index in [4.69, 9.17) is 10.5 Å². The smallest absolute Gasteiger partial charge is 0.251 e. The first kappa shape index (κ1) is 12.7. The molecule has 1 aliphatic rings. The fourth-order valence-corrected chi connectivity index (χ4v) is 2.21. The Kier molecular flexibility index (Phi) is 3.72. The summed E-state index contributed by atoms with van der Waals surface area (Å²) < 4.78 is 5.08. The summed E-state index contributed by atoms with van der Waals surface area (Å²) >= 11 is 0. The van der Waals surface area contributed by atoms with Gasteiger partial charge in [0.05, 0.1) is 18.9 Å². The summed E-state index contributed by atoms with van der Waals surface area (Å²) in [6.45, 7) is 0. The van der Waals surface area contributed by atoms with Crippen molar-refractivity contribution in [2.24, 2.45) is 0 Å². The van der Waals surface area contributed by atoms with Crippen LogP contribution in [-0.4, -0.2) is 30.3 Å². The van der Waals surface area contributed by atoms with Crippen LogP contribution in [0.15, 0.2) is 18.2 Å². The highest BCUT2D eigenvalue weighted by atomic mass is 16.5. The van der Waals surface area contributed by atoms with Crippen molar-refractivity contribution in [1.82, 2.24) is 5.32 Å². The van der Waals surface area contributed by atoms with Crippen LogP contribution < -0.4 is 15.8 Å². The molecule has 4 N–H and O–H groups in total. The Balaban J connectivity index is 2.04. The van der Waals surface area contributed by atoms with Crippen molar-refractivity contribution in [2.75, 3.05) is 12.8 Å². The third-order valence-corrected chi connectivity index (χ3v) is 3.24. The van der Waals surface area contributed by atoms with Crippen molar-refractivity contribution >= 4 is 11.6 Å². The quantitative estimate of drug-likeness (QED) is 0.696. The molecule has 0 spiro atoms. The van der Waals surface area contributed by atoms with Crippen LogP contribution in [0.5, 0.6) is 5.75 Å². The Morgan fingerprint density at radius 3 is 2.89 bits per heavy atom.